The first-order chi connectivity index (χ1) is 9.65. The summed E-state index contributed by atoms with van der Waals surface area (Å²) < 4.78 is 3.97. The van der Waals surface area contributed by atoms with E-state index in [0.717, 1.165) is 31.6 Å². The number of nitrogens with one attached hydrogen (secondary N) is 1. The van der Waals surface area contributed by atoms with Crippen LogP contribution in [0.25, 0.3) is 0 Å². The van der Waals surface area contributed by atoms with Gasteiger partial charge in [0.15, 0.2) is 0 Å². The largest absolute Gasteiger partial charge is 0.305 e. The fraction of sp³-hybridized carbons (Fsp3) is 0.600. The molecule has 5 heteroatoms. The maximum Gasteiger partial charge on any atom is 0.0779 e. The molecule has 0 aliphatic rings. The van der Waals surface area contributed by atoms with Crippen molar-refractivity contribution in [1.29, 1.82) is 0 Å². The molecule has 0 fully saturated rings. The van der Waals surface area contributed by atoms with E-state index in [1.165, 1.54) is 11.3 Å². The molecule has 0 aromatic carbocycles. The van der Waals surface area contributed by atoms with Crippen molar-refractivity contribution in [3.05, 3.63) is 35.4 Å². The highest BCUT2D eigenvalue weighted by atomic mass is 15.3. The van der Waals surface area contributed by atoms with Gasteiger partial charge >= 0.3 is 0 Å². The van der Waals surface area contributed by atoms with Gasteiger partial charge in [0, 0.05) is 25.4 Å². The van der Waals surface area contributed by atoms with Gasteiger partial charge in [-0.2, -0.15) is 10.2 Å². The molecular formula is C15H25N5. The molecule has 2 aromatic heterocycles. The van der Waals surface area contributed by atoms with Crippen molar-refractivity contribution >= 4 is 0 Å². The molecule has 5 nitrogen and oxygen atoms in total. The standard InChI is InChI=1S/C15H25N5/c1-5-7-16-15(14-9-12(3)18-19(14)4)13-10-17-20(11-13)8-6-2/h9-11,15-16H,5-8H2,1-4H3. The first-order valence-corrected chi connectivity index (χ1v) is 7.42. The Labute approximate surface area is 121 Å². The van der Waals surface area contributed by atoms with Gasteiger partial charge in [-0.3, -0.25) is 9.36 Å². The molecule has 2 heterocycles. The lowest BCUT2D eigenvalue weighted by Crippen LogP contribution is -2.25. The lowest BCUT2D eigenvalue weighted by Gasteiger charge is -2.17. The van der Waals surface area contributed by atoms with E-state index in [1.807, 2.05) is 29.5 Å². The molecular weight excluding hydrogens is 250 g/mol. The third kappa shape index (κ3) is 3.28. The molecule has 0 amide bonds. The number of aromatic nitrogens is 4. The molecule has 0 radical (unpaired) electrons. The monoisotopic (exact) mass is 275 g/mol. The number of hydrogen-bond acceptors (Lipinski definition) is 3. The first-order valence-electron chi connectivity index (χ1n) is 7.42. The van der Waals surface area contributed by atoms with Gasteiger partial charge in [0.25, 0.3) is 0 Å². The Hall–Kier alpha value is -1.62. The predicted molar refractivity (Wildman–Crippen MR) is 80.6 cm³/mol. The first kappa shape index (κ1) is 14.8. The Kier molecular flexibility index (Phi) is 4.95. The van der Waals surface area contributed by atoms with Gasteiger partial charge in [-0.05, 0) is 32.4 Å². The summed E-state index contributed by atoms with van der Waals surface area (Å²) in [5.41, 5.74) is 3.44. The summed E-state index contributed by atoms with van der Waals surface area (Å²) in [5.74, 6) is 0. The average Bonchev–Trinajstić information content (AvgIpc) is 2.98. The van der Waals surface area contributed by atoms with Gasteiger partial charge in [-0.1, -0.05) is 13.8 Å². The highest BCUT2D eigenvalue weighted by Gasteiger charge is 2.19. The molecule has 0 saturated heterocycles. The van der Waals surface area contributed by atoms with Crippen molar-refractivity contribution in [3.63, 3.8) is 0 Å². The molecule has 0 bridgehead atoms. The van der Waals surface area contributed by atoms with Crippen LogP contribution >= 0.6 is 0 Å². The summed E-state index contributed by atoms with van der Waals surface area (Å²) in [7, 11) is 2.00. The zero-order valence-corrected chi connectivity index (χ0v) is 12.9. The summed E-state index contributed by atoms with van der Waals surface area (Å²) >= 11 is 0. The molecule has 1 unspecified atom stereocenters. The summed E-state index contributed by atoms with van der Waals surface area (Å²) in [4.78, 5) is 0. The molecule has 1 atom stereocenters. The second-order valence-corrected chi connectivity index (χ2v) is 5.26. The van der Waals surface area contributed by atoms with Crippen LogP contribution < -0.4 is 5.32 Å². The van der Waals surface area contributed by atoms with Crippen LogP contribution in [0.1, 0.15) is 49.7 Å². The highest BCUT2D eigenvalue weighted by molar-refractivity contribution is 5.25. The number of rotatable bonds is 7. The molecule has 110 valence electrons. The van der Waals surface area contributed by atoms with Crippen LogP contribution in [0.2, 0.25) is 0 Å². The molecule has 0 aliphatic carbocycles. The van der Waals surface area contributed by atoms with E-state index < -0.39 is 0 Å². The quantitative estimate of drug-likeness (QED) is 0.844. The van der Waals surface area contributed by atoms with Crippen molar-refractivity contribution in [2.24, 2.45) is 7.05 Å². The fourth-order valence-corrected chi connectivity index (χ4v) is 2.46. The number of aryl methyl sites for hydroxylation is 3. The lowest BCUT2D eigenvalue weighted by atomic mass is 10.1. The van der Waals surface area contributed by atoms with E-state index in [2.05, 4.69) is 41.6 Å². The summed E-state index contributed by atoms with van der Waals surface area (Å²) in [6.45, 7) is 8.32. The molecule has 0 spiro atoms. The fourth-order valence-electron chi connectivity index (χ4n) is 2.46. The van der Waals surface area contributed by atoms with Crippen LogP contribution in [-0.2, 0) is 13.6 Å². The SMILES string of the molecule is CCCNC(c1cnn(CCC)c1)c1cc(C)nn1C. The zero-order chi connectivity index (χ0) is 14.5. The minimum atomic E-state index is 0.159. The Morgan fingerprint density at radius 3 is 2.70 bits per heavy atom. The summed E-state index contributed by atoms with van der Waals surface area (Å²) in [6, 6.07) is 2.30. The van der Waals surface area contributed by atoms with Gasteiger partial charge in [-0.15, -0.1) is 0 Å². The minimum Gasteiger partial charge on any atom is -0.305 e. The molecule has 2 aromatic rings. The second kappa shape index (κ2) is 6.70. The summed E-state index contributed by atoms with van der Waals surface area (Å²) in [5, 5.41) is 12.5. The van der Waals surface area contributed by atoms with Crippen molar-refractivity contribution in [1.82, 2.24) is 24.9 Å². The van der Waals surface area contributed by atoms with Crippen molar-refractivity contribution in [2.75, 3.05) is 6.54 Å². The summed E-state index contributed by atoms with van der Waals surface area (Å²) in [6.07, 6.45) is 6.31. The van der Waals surface area contributed by atoms with Crippen LogP contribution in [0.5, 0.6) is 0 Å². The van der Waals surface area contributed by atoms with Crippen LogP contribution in [0.3, 0.4) is 0 Å². The average molecular weight is 275 g/mol. The van der Waals surface area contributed by atoms with Gasteiger partial charge in [-0.25, -0.2) is 0 Å². The normalized spacial score (nSPS) is 12.8. The van der Waals surface area contributed by atoms with Gasteiger partial charge in [0.05, 0.1) is 23.6 Å². The lowest BCUT2D eigenvalue weighted by molar-refractivity contribution is 0.551. The van der Waals surface area contributed by atoms with Crippen LogP contribution in [0.4, 0.5) is 0 Å². The van der Waals surface area contributed by atoms with E-state index in [1.54, 1.807) is 0 Å². The Bertz CT molecular complexity index is 540. The Morgan fingerprint density at radius 2 is 2.10 bits per heavy atom. The van der Waals surface area contributed by atoms with Crippen LogP contribution in [0, 0.1) is 6.92 Å². The van der Waals surface area contributed by atoms with E-state index in [0.29, 0.717) is 0 Å². The Balaban J connectivity index is 2.28. The topological polar surface area (TPSA) is 47.7 Å². The van der Waals surface area contributed by atoms with Crippen molar-refractivity contribution < 1.29 is 0 Å². The van der Waals surface area contributed by atoms with Gasteiger partial charge in [0.1, 0.15) is 0 Å². The predicted octanol–water partition coefficient (Wildman–Crippen LogP) is 2.42. The second-order valence-electron chi connectivity index (χ2n) is 5.26. The van der Waals surface area contributed by atoms with E-state index >= 15 is 0 Å². The van der Waals surface area contributed by atoms with Crippen molar-refractivity contribution in [2.45, 2.75) is 46.2 Å². The minimum absolute atomic E-state index is 0.159. The third-order valence-corrected chi connectivity index (χ3v) is 3.37. The third-order valence-electron chi connectivity index (χ3n) is 3.37. The van der Waals surface area contributed by atoms with Crippen LogP contribution in [-0.4, -0.2) is 26.1 Å². The van der Waals surface area contributed by atoms with Crippen LogP contribution in [0.15, 0.2) is 18.5 Å². The maximum absolute atomic E-state index is 4.46. The maximum atomic E-state index is 4.46. The zero-order valence-electron chi connectivity index (χ0n) is 12.9. The Morgan fingerprint density at radius 1 is 1.30 bits per heavy atom. The highest BCUT2D eigenvalue weighted by Crippen LogP contribution is 2.22. The van der Waals surface area contributed by atoms with E-state index in [9.17, 15) is 0 Å². The molecule has 2 rings (SSSR count). The number of nitrogens with zero attached hydrogens (tertiary/aromatic N) is 4. The number of hydrogen-bond donors (Lipinski definition) is 1. The van der Waals surface area contributed by atoms with Gasteiger partial charge < -0.3 is 5.32 Å². The van der Waals surface area contributed by atoms with E-state index in [-0.39, 0.29) is 6.04 Å². The molecule has 0 aliphatic heterocycles. The van der Waals surface area contributed by atoms with Gasteiger partial charge in [0.2, 0.25) is 0 Å². The smallest absolute Gasteiger partial charge is 0.0779 e. The molecule has 20 heavy (non-hydrogen) atoms. The van der Waals surface area contributed by atoms with E-state index in [4.69, 9.17) is 0 Å². The molecule has 0 saturated carbocycles. The molecule has 1 N–H and O–H groups in total. The van der Waals surface area contributed by atoms with Crippen molar-refractivity contribution in [3.8, 4) is 0 Å².